The molecular weight excluding hydrogens is 220 g/mol. The van der Waals surface area contributed by atoms with Crippen molar-refractivity contribution in [3.05, 3.63) is 29.3 Å². The largest absolute Gasteiger partial charge is 0.496 e. The molecular formula is C13H14O4. The summed E-state index contributed by atoms with van der Waals surface area (Å²) in [6.45, 7) is 2.00. The molecule has 1 N–H and O–H groups in total. The Kier molecular flexibility index (Phi) is 3.04. The maximum Gasteiger partial charge on any atom is 0.328 e. The van der Waals surface area contributed by atoms with Crippen molar-refractivity contribution in [2.24, 2.45) is 0 Å². The molecule has 0 saturated carbocycles. The molecule has 1 heterocycles. The van der Waals surface area contributed by atoms with Crippen molar-refractivity contribution >= 4 is 12.0 Å². The third kappa shape index (κ3) is 2.41. The standard InChI is InChI=1S/C13H14O4/c1-8-5-10-7-11(16-2)9(3-4-13(14)15)6-12(10)17-8/h3-4,6-8H,5H2,1-2H3,(H,14,15)/b4-3+/t8-/m1/s1. The Hall–Kier alpha value is -1.97. The second kappa shape index (κ2) is 4.49. The molecule has 2 rings (SSSR count). The number of carboxylic acids is 1. The number of carbonyl (C=O) groups is 1. The number of methoxy groups -OCH3 is 1. The van der Waals surface area contributed by atoms with Crippen LogP contribution in [0.2, 0.25) is 0 Å². The average molecular weight is 234 g/mol. The van der Waals surface area contributed by atoms with Crippen molar-refractivity contribution in [2.75, 3.05) is 7.11 Å². The summed E-state index contributed by atoms with van der Waals surface area (Å²) in [7, 11) is 1.57. The monoisotopic (exact) mass is 234 g/mol. The first kappa shape index (κ1) is 11.5. The van der Waals surface area contributed by atoms with Gasteiger partial charge in [0.25, 0.3) is 0 Å². The topological polar surface area (TPSA) is 55.8 Å². The van der Waals surface area contributed by atoms with E-state index in [1.807, 2.05) is 19.1 Å². The zero-order valence-corrected chi connectivity index (χ0v) is 9.77. The van der Waals surface area contributed by atoms with Crippen molar-refractivity contribution in [3.8, 4) is 11.5 Å². The summed E-state index contributed by atoms with van der Waals surface area (Å²) in [5.74, 6) is 0.490. The van der Waals surface area contributed by atoms with Crippen LogP contribution in [-0.2, 0) is 11.2 Å². The molecule has 90 valence electrons. The summed E-state index contributed by atoms with van der Waals surface area (Å²) in [6.07, 6.45) is 3.61. The highest BCUT2D eigenvalue weighted by atomic mass is 16.5. The van der Waals surface area contributed by atoms with E-state index in [0.717, 1.165) is 23.8 Å². The van der Waals surface area contributed by atoms with E-state index in [1.165, 1.54) is 6.08 Å². The molecule has 0 saturated heterocycles. The third-order valence-corrected chi connectivity index (χ3v) is 2.65. The molecule has 0 aromatic heterocycles. The molecule has 4 heteroatoms. The minimum absolute atomic E-state index is 0.161. The molecule has 17 heavy (non-hydrogen) atoms. The molecule has 0 bridgehead atoms. The van der Waals surface area contributed by atoms with E-state index in [1.54, 1.807) is 7.11 Å². The minimum Gasteiger partial charge on any atom is -0.496 e. The van der Waals surface area contributed by atoms with Gasteiger partial charge in [0.2, 0.25) is 0 Å². The van der Waals surface area contributed by atoms with E-state index in [4.69, 9.17) is 14.6 Å². The van der Waals surface area contributed by atoms with Gasteiger partial charge in [-0.15, -0.1) is 0 Å². The summed E-state index contributed by atoms with van der Waals surface area (Å²) in [4.78, 5) is 10.5. The van der Waals surface area contributed by atoms with Crippen molar-refractivity contribution < 1.29 is 19.4 Å². The normalized spacial score (nSPS) is 17.9. The minimum atomic E-state index is -0.984. The lowest BCUT2D eigenvalue weighted by molar-refractivity contribution is -0.131. The Balaban J connectivity index is 2.39. The van der Waals surface area contributed by atoms with Crippen LogP contribution in [0.25, 0.3) is 6.08 Å². The molecule has 1 atom stereocenters. The second-order valence-corrected chi connectivity index (χ2v) is 4.01. The molecule has 1 aromatic rings. The lowest BCUT2D eigenvalue weighted by Crippen LogP contribution is -2.05. The number of hydrogen-bond donors (Lipinski definition) is 1. The van der Waals surface area contributed by atoms with Gasteiger partial charge in [-0.05, 0) is 25.1 Å². The fraction of sp³-hybridized carbons (Fsp3) is 0.308. The van der Waals surface area contributed by atoms with Crippen molar-refractivity contribution in [2.45, 2.75) is 19.4 Å². The van der Waals surface area contributed by atoms with Crippen molar-refractivity contribution in [1.82, 2.24) is 0 Å². The van der Waals surface area contributed by atoms with Crippen LogP contribution in [0.5, 0.6) is 11.5 Å². The van der Waals surface area contributed by atoms with Crippen LogP contribution in [0.4, 0.5) is 0 Å². The summed E-state index contributed by atoms with van der Waals surface area (Å²) >= 11 is 0. The van der Waals surface area contributed by atoms with Crippen molar-refractivity contribution in [3.63, 3.8) is 0 Å². The van der Waals surface area contributed by atoms with E-state index < -0.39 is 5.97 Å². The maximum atomic E-state index is 10.5. The van der Waals surface area contributed by atoms with Gasteiger partial charge in [0, 0.05) is 23.6 Å². The Labute approximate surface area is 99.5 Å². The quantitative estimate of drug-likeness (QED) is 0.814. The highest BCUT2D eigenvalue weighted by molar-refractivity contribution is 5.86. The summed E-state index contributed by atoms with van der Waals surface area (Å²) in [5, 5.41) is 8.62. The highest BCUT2D eigenvalue weighted by Crippen LogP contribution is 2.35. The van der Waals surface area contributed by atoms with Crippen LogP contribution >= 0.6 is 0 Å². The van der Waals surface area contributed by atoms with Gasteiger partial charge in [0.1, 0.15) is 17.6 Å². The molecule has 1 aliphatic rings. The number of hydrogen-bond acceptors (Lipinski definition) is 3. The van der Waals surface area contributed by atoms with Crippen LogP contribution in [0.1, 0.15) is 18.1 Å². The number of benzene rings is 1. The third-order valence-electron chi connectivity index (χ3n) is 2.65. The van der Waals surface area contributed by atoms with Crippen LogP contribution in [-0.4, -0.2) is 24.3 Å². The van der Waals surface area contributed by atoms with Crippen LogP contribution in [0.3, 0.4) is 0 Å². The van der Waals surface area contributed by atoms with E-state index in [2.05, 4.69) is 0 Å². The zero-order chi connectivity index (χ0) is 12.4. The Morgan fingerprint density at radius 3 is 3.00 bits per heavy atom. The lowest BCUT2D eigenvalue weighted by atomic mass is 10.1. The molecule has 1 aliphatic heterocycles. The van der Waals surface area contributed by atoms with Gasteiger partial charge < -0.3 is 14.6 Å². The SMILES string of the molecule is COc1cc2c(cc1/C=C/C(=O)O)O[C@H](C)C2. The fourth-order valence-electron chi connectivity index (χ4n) is 1.92. The van der Waals surface area contributed by atoms with Crippen LogP contribution in [0.15, 0.2) is 18.2 Å². The summed E-state index contributed by atoms with van der Waals surface area (Å²) in [5.41, 5.74) is 1.81. The van der Waals surface area contributed by atoms with Crippen LogP contribution < -0.4 is 9.47 Å². The van der Waals surface area contributed by atoms with Gasteiger partial charge in [-0.2, -0.15) is 0 Å². The Morgan fingerprint density at radius 2 is 2.35 bits per heavy atom. The van der Waals surface area contributed by atoms with Crippen molar-refractivity contribution in [1.29, 1.82) is 0 Å². The number of ether oxygens (including phenoxy) is 2. The van der Waals surface area contributed by atoms with Crippen LogP contribution in [0, 0.1) is 0 Å². The average Bonchev–Trinajstić information content (AvgIpc) is 2.63. The van der Waals surface area contributed by atoms with Gasteiger partial charge in [-0.25, -0.2) is 4.79 Å². The number of rotatable bonds is 3. The first-order chi connectivity index (χ1) is 8.10. The first-order valence-corrected chi connectivity index (χ1v) is 5.38. The molecule has 0 spiro atoms. The summed E-state index contributed by atoms with van der Waals surface area (Å²) in [6, 6.07) is 3.72. The van der Waals surface area contributed by atoms with E-state index in [-0.39, 0.29) is 6.10 Å². The fourth-order valence-corrected chi connectivity index (χ4v) is 1.92. The highest BCUT2D eigenvalue weighted by Gasteiger charge is 2.20. The first-order valence-electron chi connectivity index (χ1n) is 5.38. The predicted octanol–water partition coefficient (Wildman–Crippen LogP) is 2.12. The lowest BCUT2D eigenvalue weighted by Gasteiger charge is -2.07. The Morgan fingerprint density at radius 1 is 1.59 bits per heavy atom. The molecule has 0 fully saturated rings. The molecule has 0 amide bonds. The van der Waals surface area contributed by atoms with E-state index in [9.17, 15) is 4.79 Å². The summed E-state index contributed by atoms with van der Waals surface area (Å²) < 4.78 is 10.9. The van der Waals surface area contributed by atoms with Gasteiger partial charge in [0.15, 0.2) is 0 Å². The molecule has 0 unspecified atom stereocenters. The molecule has 0 radical (unpaired) electrons. The molecule has 1 aromatic carbocycles. The smallest absolute Gasteiger partial charge is 0.328 e. The van der Waals surface area contributed by atoms with Gasteiger partial charge in [-0.1, -0.05) is 0 Å². The van der Waals surface area contributed by atoms with Gasteiger partial charge in [0.05, 0.1) is 7.11 Å². The predicted molar refractivity (Wildman–Crippen MR) is 63.5 cm³/mol. The zero-order valence-electron chi connectivity index (χ0n) is 9.77. The van der Waals surface area contributed by atoms with E-state index in [0.29, 0.717) is 11.3 Å². The molecule has 0 aliphatic carbocycles. The number of carboxylic acid groups (broad SMARTS) is 1. The number of aliphatic carboxylic acids is 1. The molecule has 4 nitrogen and oxygen atoms in total. The van der Waals surface area contributed by atoms with E-state index >= 15 is 0 Å². The number of fused-ring (bicyclic) bond motifs is 1. The van der Waals surface area contributed by atoms with Gasteiger partial charge in [-0.3, -0.25) is 0 Å². The van der Waals surface area contributed by atoms with Gasteiger partial charge >= 0.3 is 5.97 Å². The Bertz CT molecular complexity index is 477. The maximum absolute atomic E-state index is 10.5. The second-order valence-electron chi connectivity index (χ2n) is 4.01.